The Bertz CT molecular complexity index is 775. The molecule has 1 atom stereocenters. The summed E-state index contributed by atoms with van der Waals surface area (Å²) in [6, 6.07) is 15.7. The van der Waals surface area contributed by atoms with E-state index in [1.54, 1.807) is 55.5 Å². The summed E-state index contributed by atoms with van der Waals surface area (Å²) in [5.41, 5.74) is 1.86. The number of benzene rings is 2. The Morgan fingerprint density at radius 2 is 1.67 bits per heavy atom. The van der Waals surface area contributed by atoms with Crippen LogP contribution in [0.5, 0.6) is 5.75 Å². The van der Waals surface area contributed by atoms with Gasteiger partial charge in [0.2, 0.25) is 6.29 Å². The minimum Gasteiger partial charge on any atom is -0.455 e. The Balaban J connectivity index is 1.96. The monoisotopic (exact) mass is 321 g/mol. The van der Waals surface area contributed by atoms with Crippen molar-refractivity contribution in [2.75, 3.05) is 0 Å². The first kappa shape index (κ1) is 16.9. The Labute approximate surface area is 139 Å². The first-order valence-corrected chi connectivity index (χ1v) is 7.12. The molecule has 24 heavy (non-hydrogen) atoms. The maximum absolute atomic E-state index is 11.1. The Morgan fingerprint density at radius 1 is 1.12 bits per heavy atom. The highest BCUT2D eigenvalue weighted by molar-refractivity contribution is 5.81. The van der Waals surface area contributed by atoms with E-state index >= 15 is 0 Å². The van der Waals surface area contributed by atoms with Crippen molar-refractivity contribution >= 4 is 17.3 Å². The standard InChI is InChI=1S/C18H15N3O3/c1-3-18(22)24-13(2)23-17-10-8-16(9-11-17)21-20-15-6-4-14(12-19)5-7-15/h3-11,13H,1H2,2H3. The van der Waals surface area contributed by atoms with Crippen molar-refractivity contribution in [1.82, 2.24) is 0 Å². The van der Waals surface area contributed by atoms with Gasteiger partial charge in [-0.25, -0.2) is 4.79 Å². The van der Waals surface area contributed by atoms with E-state index in [0.29, 0.717) is 22.7 Å². The molecule has 1 unspecified atom stereocenters. The molecule has 0 N–H and O–H groups in total. The molecule has 0 aliphatic rings. The first-order valence-electron chi connectivity index (χ1n) is 7.12. The van der Waals surface area contributed by atoms with Gasteiger partial charge in [-0.05, 0) is 48.5 Å². The average Bonchev–Trinajstić information content (AvgIpc) is 2.61. The minimum absolute atomic E-state index is 0.539. The lowest BCUT2D eigenvalue weighted by atomic mass is 10.2. The molecule has 0 bridgehead atoms. The van der Waals surface area contributed by atoms with Crippen LogP contribution in [0.25, 0.3) is 0 Å². The number of hydrogen-bond acceptors (Lipinski definition) is 6. The van der Waals surface area contributed by atoms with E-state index in [-0.39, 0.29) is 0 Å². The Kier molecular flexibility index (Phi) is 5.81. The van der Waals surface area contributed by atoms with E-state index in [0.717, 1.165) is 6.08 Å². The van der Waals surface area contributed by atoms with Crippen LogP contribution >= 0.6 is 0 Å². The number of nitriles is 1. The van der Waals surface area contributed by atoms with Gasteiger partial charge in [0.1, 0.15) is 5.75 Å². The zero-order chi connectivity index (χ0) is 17.4. The van der Waals surface area contributed by atoms with Gasteiger partial charge in [0, 0.05) is 13.0 Å². The van der Waals surface area contributed by atoms with E-state index in [1.807, 2.05) is 6.07 Å². The van der Waals surface area contributed by atoms with E-state index in [2.05, 4.69) is 16.8 Å². The summed E-state index contributed by atoms with van der Waals surface area (Å²) in [7, 11) is 0. The second-order valence-electron chi connectivity index (χ2n) is 4.68. The topological polar surface area (TPSA) is 84.0 Å². The quantitative estimate of drug-likeness (QED) is 0.341. The lowest BCUT2D eigenvalue weighted by molar-refractivity contribution is -0.154. The zero-order valence-electron chi connectivity index (χ0n) is 13.0. The van der Waals surface area contributed by atoms with Crippen LogP contribution in [-0.2, 0) is 9.53 Å². The fourth-order valence-electron chi connectivity index (χ4n) is 1.74. The number of nitrogens with zero attached hydrogens (tertiary/aromatic N) is 3. The number of carbonyl (C=O) groups is 1. The summed E-state index contributed by atoms with van der Waals surface area (Å²) in [5, 5.41) is 16.9. The minimum atomic E-state index is -0.721. The maximum Gasteiger partial charge on any atom is 0.333 e. The molecule has 0 spiro atoms. The largest absolute Gasteiger partial charge is 0.455 e. The van der Waals surface area contributed by atoms with E-state index in [4.69, 9.17) is 14.7 Å². The fourth-order valence-corrected chi connectivity index (χ4v) is 1.74. The third-order valence-corrected chi connectivity index (χ3v) is 2.86. The first-order chi connectivity index (χ1) is 11.6. The molecule has 0 aliphatic heterocycles. The van der Waals surface area contributed by atoms with Gasteiger partial charge >= 0.3 is 5.97 Å². The second kappa shape index (κ2) is 8.25. The highest BCUT2D eigenvalue weighted by Crippen LogP contribution is 2.22. The van der Waals surface area contributed by atoms with Crippen LogP contribution < -0.4 is 4.74 Å². The van der Waals surface area contributed by atoms with Crippen LogP contribution in [-0.4, -0.2) is 12.3 Å². The van der Waals surface area contributed by atoms with Crippen molar-refractivity contribution in [2.24, 2.45) is 10.2 Å². The summed E-state index contributed by atoms with van der Waals surface area (Å²) >= 11 is 0. The lowest BCUT2D eigenvalue weighted by Crippen LogP contribution is -2.19. The summed E-state index contributed by atoms with van der Waals surface area (Å²) in [4.78, 5) is 11.1. The van der Waals surface area contributed by atoms with Gasteiger partial charge < -0.3 is 9.47 Å². The molecule has 120 valence electrons. The van der Waals surface area contributed by atoms with Crippen molar-refractivity contribution in [3.63, 3.8) is 0 Å². The molecule has 0 aliphatic carbocycles. The molecule has 0 fully saturated rings. The molecular weight excluding hydrogens is 306 g/mol. The molecule has 2 rings (SSSR count). The van der Waals surface area contributed by atoms with Crippen LogP contribution in [0.1, 0.15) is 12.5 Å². The van der Waals surface area contributed by atoms with Gasteiger partial charge in [-0.1, -0.05) is 6.58 Å². The number of carbonyl (C=O) groups excluding carboxylic acids is 1. The summed E-state index contributed by atoms with van der Waals surface area (Å²) in [6.07, 6.45) is 0.355. The van der Waals surface area contributed by atoms with E-state index in [9.17, 15) is 4.79 Å². The van der Waals surface area contributed by atoms with Crippen molar-refractivity contribution < 1.29 is 14.3 Å². The lowest BCUT2D eigenvalue weighted by Gasteiger charge is -2.14. The van der Waals surface area contributed by atoms with Gasteiger partial charge in [0.25, 0.3) is 0 Å². The number of azo groups is 1. The molecule has 2 aromatic rings. The van der Waals surface area contributed by atoms with Crippen LogP contribution in [0, 0.1) is 11.3 Å². The number of hydrogen-bond donors (Lipinski definition) is 0. The van der Waals surface area contributed by atoms with Gasteiger partial charge in [0.05, 0.1) is 23.0 Å². The molecule has 0 radical (unpaired) electrons. The fraction of sp³-hybridized carbons (Fsp3) is 0.111. The van der Waals surface area contributed by atoms with Gasteiger partial charge in [0.15, 0.2) is 0 Å². The molecule has 6 nitrogen and oxygen atoms in total. The van der Waals surface area contributed by atoms with Crippen molar-refractivity contribution in [3.05, 3.63) is 66.7 Å². The predicted molar refractivity (Wildman–Crippen MR) is 88.2 cm³/mol. The molecule has 0 saturated heterocycles. The summed E-state index contributed by atoms with van der Waals surface area (Å²) < 4.78 is 10.4. The smallest absolute Gasteiger partial charge is 0.333 e. The second-order valence-corrected chi connectivity index (χ2v) is 4.68. The molecule has 0 aromatic heterocycles. The van der Waals surface area contributed by atoms with E-state index in [1.165, 1.54) is 0 Å². The summed E-state index contributed by atoms with van der Waals surface area (Å²) in [6.45, 7) is 4.93. The van der Waals surface area contributed by atoms with Gasteiger partial charge in [-0.2, -0.15) is 15.5 Å². The van der Waals surface area contributed by atoms with Crippen LogP contribution in [0.15, 0.2) is 71.4 Å². The van der Waals surface area contributed by atoms with Crippen molar-refractivity contribution in [3.8, 4) is 11.8 Å². The normalized spacial score (nSPS) is 11.5. The number of ether oxygens (including phenoxy) is 2. The highest BCUT2D eigenvalue weighted by atomic mass is 16.7. The predicted octanol–water partition coefficient (Wildman–Crippen LogP) is 4.43. The highest BCUT2D eigenvalue weighted by Gasteiger charge is 2.07. The number of rotatable bonds is 6. The third kappa shape index (κ3) is 5.07. The Hall–Kier alpha value is -3.46. The SMILES string of the molecule is C=CC(=O)OC(C)Oc1ccc(N=Nc2ccc(C#N)cc2)cc1. The van der Waals surface area contributed by atoms with E-state index < -0.39 is 12.3 Å². The van der Waals surface area contributed by atoms with Gasteiger partial charge in [-0.3, -0.25) is 0 Å². The maximum atomic E-state index is 11.1. The summed E-state index contributed by atoms with van der Waals surface area (Å²) in [5.74, 6) is -0.00739. The van der Waals surface area contributed by atoms with Gasteiger partial charge in [-0.15, -0.1) is 0 Å². The van der Waals surface area contributed by atoms with Crippen LogP contribution in [0.2, 0.25) is 0 Å². The molecule has 0 saturated carbocycles. The third-order valence-electron chi connectivity index (χ3n) is 2.86. The molecular formula is C18H15N3O3. The number of esters is 1. The molecule has 6 heteroatoms. The van der Waals surface area contributed by atoms with Crippen molar-refractivity contribution in [1.29, 1.82) is 5.26 Å². The average molecular weight is 321 g/mol. The molecule has 2 aromatic carbocycles. The zero-order valence-corrected chi connectivity index (χ0v) is 13.0. The van der Waals surface area contributed by atoms with Crippen LogP contribution in [0.3, 0.4) is 0 Å². The molecule has 0 heterocycles. The van der Waals surface area contributed by atoms with Crippen molar-refractivity contribution in [2.45, 2.75) is 13.2 Å². The molecule has 0 amide bonds. The Morgan fingerprint density at radius 3 is 2.17 bits per heavy atom. The van der Waals surface area contributed by atoms with Crippen LogP contribution in [0.4, 0.5) is 11.4 Å².